The third-order valence-electron chi connectivity index (χ3n) is 3.06. The van der Waals surface area contributed by atoms with Crippen molar-refractivity contribution in [3.63, 3.8) is 0 Å². The van der Waals surface area contributed by atoms with Gasteiger partial charge in [0.15, 0.2) is 0 Å². The minimum absolute atomic E-state index is 0.437. The number of fused-ring (bicyclic) bond motifs is 1. The van der Waals surface area contributed by atoms with Crippen LogP contribution in [0.5, 0.6) is 0 Å². The maximum absolute atomic E-state index is 12.2. The first kappa shape index (κ1) is 15.0. The minimum atomic E-state index is -1.32. The highest BCUT2D eigenvalue weighted by Crippen LogP contribution is 2.30. The van der Waals surface area contributed by atoms with Crippen LogP contribution >= 0.6 is 11.3 Å². The summed E-state index contributed by atoms with van der Waals surface area (Å²) in [6, 6.07) is 6.21. The summed E-state index contributed by atoms with van der Waals surface area (Å²) >= 11 is 1.28. The first-order chi connectivity index (χ1) is 9.90. The van der Waals surface area contributed by atoms with Crippen molar-refractivity contribution in [1.82, 2.24) is 5.32 Å². The van der Waals surface area contributed by atoms with Gasteiger partial charge in [0.05, 0.1) is 11.3 Å². The van der Waals surface area contributed by atoms with Crippen LogP contribution in [0.15, 0.2) is 24.3 Å². The van der Waals surface area contributed by atoms with Crippen molar-refractivity contribution in [1.29, 1.82) is 0 Å². The SMILES string of the molecule is Cc1c(C(=O)N[C@H](CC(N)=O)C(=O)O)sc2ccccc12. The molecule has 0 saturated carbocycles. The lowest BCUT2D eigenvalue weighted by Crippen LogP contribution is -2.43. The van der Waals surface area contributed by atoms with E-state index in [9.17, 15) is 14.4 Å². The Balaban J connectivity index is 2.27. The van der Waals surface area contributed by atoms with Gasteiger partial charge in [-0.1, -0.05) is 18.2 Å². The topological polar surface area (TPSA) is 109 Å². The van der Waals surface area contributed by atoms with Crippen molar-refractivity contribution in [2.75, 3.05) is 0 Å². The first-order valence-corrected chi connectivity index (χ1v) is 7.02. The lowest BCUT2D eigenvalue weighted by Gasteiger charge is -2.12. The van der Waals surface area contributed by atoms with Crippen LogP contribution in [0.1, 0.15) is 21.7 Å². The van der Waals surface area contributed by atoms with Gasteiger partial charge in [-0.25, -0.2) is 4.79 Å². The minimum Gasteiger partial charge on any atom is -0.480 e. The number of amides is 2. The molecule has 0 aliphatic carbocycles. The van der Waals surface area contributed by atoms with E-state index in [1.807, 2.05) is 24.3 Å². The molecule has 1 aromatic carbocycles. The summed E-state index contributed by atoms with van der Waals surface area (Å²) in [7, 11) is 0. The van der Waals surface area contributed by atoms with Crippen LogP contribution in [0.3, 0.4) is 0 Å². The van der Waals surface area contributed by atoms with Crippen molar-refractivity contribution < 1.29 is 19.5 Å². The van der Waals surface area contributed by atoms with E-state index in [2.05, 4.69) is 5.32 Å². The molecule has 0 radical (unpaired) electrons. The zero-order valence-corrected chi connectivity index (χ0v) is 12.1. The lowest BCUT2D eigenvalue weighted by molar-refractivity contribution is -0.140. The number of rotatable bonds is 5. The quantitative estimate of drug-likeness (QED) is 0.772. The Morgan fingerprint density at radius 1 is 1.33 bits per heavy atom. The zero-order chi connectivity index (χ0) is 15.6. The molecule has 0 aliphatic heterocycles. The summed E-state index contributed by atoms with van der Waals surface area (Å²) in [6.45, 7) is 1.80. The molecule has 0 fully saturated rings. The third kappa shape index (κ3) is 3.19. The number of aliphatic carboxylic acids is 1. The highest BCUT2D eigenvalue weighted by molar-refractivity contribution is 7.21. The molecule has 2 amide bonds. The number of benzene rings is 1. The predicted molar refractivity (Wildman–Crippen MR) is 79.3 cm³/mol. The van der Waals surface area contributed by atoms with E-state index >= 15 is 0 Å². The number of thiophene rings is 1. The Morgan fingerprint density at radius 2 is 2.00 bits per heavy atom. The second kappa shape index (κ2) is 5.92. The van der Waals surface area contributed by atoms with Crippen molar-refractivity contribution in [3.8, 4) is 0 Å². The molecule has 0 aliphatic rings. The Morgan fingerprint density at radius 3 is 2.57 bits per heavy atom. The van der Waals surface area contributed by atoms with E-state index in [-0.39, 0.29) is 0 Å². The molecular formula is C14H14N2O4S. The van der Waals surface area contributed by atoms with Gasteiger partial charge in [-0.05, 0) is 23.9 Å². The summed E-state index contributed by atoms with van der Waals surface area (Å²) in [6.07, 6.45) is -0.439. The summed E-state index contributed by atoms with van der Waals surface area (Å²) in [5, 5.41) is 12.3. The van der Waals surface area contributed by atoms with E-state index in [0.717, 1.165) is 15.6 Å². The van der Waals surface area contributed by atoms with Gasteiger partial charge in [0.25, 0.3) is 5.91 Å². The monoisotopic (exact) mass is 306 g/mol. The van der Waals surface area contributed by atoms with Gasteiger partial charge in [-0.15, -0.1) is 11.3 Å². The van der Waals surface area contributed by atoms with E-state index in [1.165, 1.54) is 11.3 Å². The average molecular weight is 306 g/mol. The van der Waals surface area contributed by atoms with Crippen LogP contribution in [0.2, 0.25) is 0 Å². The van der Waals surface area contributed by atoms with Gasteiger partial charge in [0, 0.05) is 4.70 Å². The average Bonchev–Trinajstić information content (AvgIpc) is 2.75. The number of nitrogens with one attached hydrogen (secondary N) is 1. The summed E-state index contributed by atoms with van der Waals surface area (Å²) < 4.78 is 0.946. The summed E-state index contributed by atoms with van der Waals surface area (Å²) in [5.41, 5.74) is 5.77. The zero-order valence-electron chi connectivity index (χ0n) is 11.3. The molecule has 2 rings (SSSR count). The Bertz CT molecular complexity index is 723. The van der Waals surface area contributed by atoms with Crippen molar-refractivity contribution in [3.05, 3.63) is 34.7 Å². The second-order valence-corrected chi connectivity index (χ2v) is 5.64. The number of carboxylic acids is 1. The van der Waals surface area contributed by atoms with Crippen LogP contribution in [0, 0.1) is 6.92 Å². The number of hydrogen-bond donors (Lipinski definition) is 3. The summed E-state index contributed by atoms with van der Waals surface area (Å²) in [4.78, 5) is 34.5. The van der Waals surface area contributed by atoms with E-state index in [4.69, 9.17) is 10.8 Å². The molecule has 4 N–H and O–H groups in total. The van der Waals surface area contributed by atoms with E-state index in [1.54, 1.807) is 6.92 Å². The molecule has 0 unspecified atom stereocenters. The van der Waals surface area contributed by atoms with Gasteiger partial charge in [-0.3, -0.25) is 9.59 Å². The molecule has 7 heteroatoms. The Kier molecular flexibility index (Phi) is 4.23. The van der Waals surface area contributed by atoms with Gasteiger partial charge < -0.3 is 16.2 Å². The molecule has 110 valence electrons. The normalized spacial score (nSPS) is 12.0. The van der Waals surface area contributed by atoms with Crippen molar-refractivity contribution in [2.45, 2.75) is 19.4 Å². The van der Waals surface area contributed by atoms with Gasteiger partial charge >= 0.3 is 5.97 Å². The molecule has 6 nitrogen and oxygen atoms in total. The maximum atomic E-state index is 12.2. The number of carboxylic acid groups (broad SMARTS) is 1. The van der Waals surface area contributed by atoms with Crippen LogP contribution < -0.4 is 11.1 Å². The number of aryl methyl sites for hydroxylation is 1. The molecule has 0 saturated heterocycles. The second-order valence-electron chi connectivity index (χ2n) is 4.59. The van der Waals surface area contributed by atoms with Crippen molar-refractivity contribution in [2.24, 2.45) is 5.73 Å². The maximum Gasteiger partial charge on any atom is 0.326 e. The molecule has 21 heavy (non-hydrogen) atoms. The van der Waals surface area contributed by atoms with Crippen LogP contribution in [0.4, 0.5) is 0 Å². The smallest absolute Gasteiger partial charge is 0.326 e. The van der Waals surface area contributed by atoms with Crippen LogP contribution in [-0.4, -0.2) is 28.9 Å². The molecule has 0 bridgehead atoms. The van der Waals surface area contributed by atoms with Crippen molar-refractivity contribution >= 4 is 39.2 Å². The number of carbonyl (C=O) groups excluding carboxylic acids is 2. The fraction of sp³-hybridized carbons (Fsp3) is 0.214. The third-order valence-corrected chi connectivity index (χ3v) is 4.33. The fourth-order valence-electron chi connectivity index (χ4n) is 2.02. The molecular weight excluding hydrogens is 292 g/mol. The Hall–Kier alpha value is -2.41. The number of carbonyl (C=O) groups is 3. The molecule has 0 spiro atoms. The van der Waals surface area contributed by atoms with Crippen LogP contribution in [-0.2, 0) is 9.59 Å². The standard InChI is InChI=1S/C14H14N2O4S/c1-7-8-4-2-3-5-10(8)21-12(7)13(18)16-9(14(19)20)6-11(15)17/h2-5,9H,6H2,1H3,(H2,15,17)(H,16,18)(H,19,20)/t9-/m1/s1. The molecule has 1 aromatic heterocycles. The fourth-order valence-corrected chi connectivity index (χ4v) is 3.13. The first-order valence-electron chi connectivity index (χ1n) is 6.20. The van der Waals surface area contributed by atoms with E-state index < -0.39 is 30.2 Å². The Labute approximate surface area is 124 Å². The van der Waals surface area contributed by atoms with Gasteiger partial charge in [0.1, 0.15) is 6.04 Å². The van der Waals surface area contributed by atoms with Crippen LogP contribution in [0.25, 0.3) is 10.1 Å². The number of hydrogen-bond acceptors (Lipinski definition) is 4. The molecule has 1 heterocycles. The predicted octanol–water partition coefficient (Wildman–Crippen LogP) is 1.27. The lowest BCUT2D eigenvalue weighted by atomic mass is 10.1. The number of primary amides is 1. The highest BCUT2D eigenvalue weighted by atomic mass is 32.1. The van der Waals surface area contributed by atoms with E-state index in [0.29, 0.717) is 4.88 Å². The highest BCUT2D eigenvalue weighted by Gasteiger charge is 2.24. The van der Waals surface area contributed by atoms with Gasteiger partial charge in [0.2, 0.25) is 5.91 Å². The van der Waals surface area contributed by atoms with Gasteiger partial charge in [-0.2, -0.15) is 0 Å². The number of nitrogens with two attached hydrogens (primary N) is 1. The molecule has 1 atom stereocenters. The molecule has 2 aromatic rings. The summed E-state index contributed by atoms with van der Waals surface area (Å²) in [5.74, 6) is -2.58. The largest absolute Gasteiger partial charge is 0.480 e.